The van der Waals surface area contributed by atoms with Crippen molar-refractivity contribution in [2.24, 2.45) is 0 Å². The summed E-state index contributed by atoms with van der Waals surface area (Å²) >= 11 is 0. The van der Waals surface area contributed by atoms with Crippen molar-refractivity contribution >= 4 is 15.9 Å². The number of likely N-dealkylation sites (tertiary alicyclic amines) is 1. The maximum absolute atomic E-state index is 12.7. The fourth-order valence-electron chi connectivity index (χ4n) is 2.49. The van der Waals surface area contributed by atoms with Crippen LogP contribution in [-0.2, 0) is 4.79 Å². The molecule has 0 aromatic heterocycles. The smallest absolute Gasteiger partial charge is 0.234 e. The van der Waals surface area contributed by atoms with Crippen molar-refractivity contribution < 1.29 is 4.79 Å². The second-order valence-corrected chi connectivity index (χ2v) is 11.0. The van der Waals surface area contributed by atoms with E-state index in [1.165, 1.54) is 0 Å². The molecule has 1 aliphatic heterocycles. The molecule has 0 aliphatic carbocycles. The van der Waals surface area contributed by atoms with Gasteiger partial charge in [0.15, 0.2) is 0 Å². The molecule has 108 valence electrons. The van der Waals surface area contributed by atoms with Gasteiger partial charge in [0.05, 0.1) is 5.25 Å². The third-order valence-corrected chi connectivity index (χ3v) is 5.82. The molecule has 2 nitrogen and oxygen atoms in total. The Morgan fingerprint density at radius 3 is 2.37 bits per heavy atom. The maximum atomic E-state index is 12.7. The molecular weight excluding hydrogens is 254 g/mol. The van der Waals surface area contributed by atoms with E-state index in [1.54, 1.807) is 6.08 Å². The third-order valence-electron chi connectivity index (χ3n) is 3.75. The van der Waals surface area contributed by atoms with E-state index in [4.69, 9.17) is 0 Å². The molecule has 1 heterocycles. The van der Waals surface area contributed by atoms with Crippen molar-refractivity contribution in [2.75, 3.05) is 25.3 Å². The Labute approximate surface area is 119 Å². The number of carbonyl (C=O) groups excluding carboxylic acids is 1. The van der Waals surface area contributed by atoms with Gasteiger partial charge in [-0.15, -0.1) is 0 Å². The Kier molecular flexibility index (Phi) is 4.72. The molecule has 1 rings (SSSR count). The van der Waals surface area contributed by atoms with Crippen LogP contribution in [0.5, 0.6) is 0 Å². The minimum absolute atomic E-state index is 0.0781. The Hall–Kier alpha value is -0.960. The van der Waals surface area contributed by atoms with Crippen LogP contribution >= 0.6 is 10.0 Å². The average molecular weight is 281 g/mol. The van der Waals surface area contributed by atoms with Gasteiger partial charge >= 0.3 is 0 Å². The number of hydrogen-bond donors (Lipinski definition) is 0. The molecule has 0 bridgehead atoms. The van der Waals surface area contributed by atoms with Crippen LogP contribution in [0, 0.1) is 0 Å². The predicted molar refractivity (Wildman–Crippen MR) is 88.0 cm³/mol. The standard InChI is InChI=1S/C16H27NOS/c1-8-10-13(9-2)12-17-15(18)14(19(5,6)7)11-16(17,3)4/h8-10,14H,1-2,11-12H2,3-7H3/b13-10+. The number of amides is 1. The molecule has 0 aromatic carbocycles. The summed E-state index contributed by atoms with van der Waals surface area (Å²) in [4.78, 5) is 14.7. The van der Waals surface area contributed by atoms with Crippen molar-refractivity contribution in [1.29, 1.82) is 0 Å². The van der Waals surface area contributed by atoms with Crippen molar-refractivity contribution in [3.05, 3.63) is 37.0 Å². The van der Waals surface area contributed by atoms with E-state index in [-0.39, 0.29) is 10.8 Å². The van der Waals surface area contributed by atoms with Crippen LogP contribution in [0.3, 0.4) is 0 Å². The van der Waals surface area contributed by atoms with Crippen LogP contribution in [0.15, 0.2) is 37.0 Å². The number of hydrogen-bond acceptors (Lipinski definition) is 1. The van der Waals surface area contributed by atoms with Crippen LogP contribution in [0.2, 0.25) is 0 Å². The summed E-state index contributed by atoms with van der Waals surface area (Å²) in [5.74, 6) is 0.296. The molecule has 0 saturated carbocycles. The third kappa shape index (κ3) is 3.53. The highest BCUT2D eigenvalue weighted by Crippen LogP contribution is 2.50. The van der Waals surface area contributed by atoms with Gasteiger partial charge in [-0.2, -0.15) is 0 Å². The number of allylic oxidation sites excluding steroid dienone is 2. The lowest BCUT2D eigenvalue weighted by Crippen LogP contribution is -2.42. The summed E-state index contributed by atoms with van der Waals surface area (Å²) in [5.41, 5.74) is 0.965. The molecule has 19 heavy (non-hydrogen) atoms. The van der Waals surface area contributed by atoms with Crippen molar-refractivity contribution in [3.8, 4) is 0 Å². The molecule has 0 aromatic rings. The van der Waals surface area contributed by atoms with E-state index >= 15 is 0 Å². The Bertz CT molecular complexity index is 415. The summed E-state index contributed by atoms with van der Waals surface area (Å²) in [6.07, 6.45) is 13.1. The zero-order valence-electron chi connectivity index (χ0n) is 12.9. The van der Waals surface area contributed by atoms with E-state index in [1.807, 2.05) is 17.1 Å². The quantitative estimate of drug-likeness (QED) is 0.708. The SMILES string of the molecule is C=C/C=C(\C=C)CN1C(=O)C(S(C)(C)C)CC1(C)C. The second-order valence-electron chi connectivity index (χ2n) is 6.54. The van der Waals surface area contributed by atoms with E-state index in [2.05, 4.69) is 45.8 Å². The van der Waals surface area contributed by atoms with Crippen LogP contribution in [-0.4, -0.2) is 46.9 Å². The fraction of sp³-hybridized carbons (Fsp3) is 0.562. The van der Waals surface area contributed by atoms with Gasteiger partial charge < -0.3 is 4.90 Å². The van der Waals surface area contributed by atoms with Crippen molar-refractivity contribution in [3.63, 3.8) is 0 Å². The van der Waals surface area contributed by atoms with E-state index < -0.39 is 10.0 Å². The Balaban J connectivity index is 3.01. The van der Waals surface area contributed by atoms with Gasteiger partial charge in [-0.3, -0.25) is 4.79 Å². The lowest BCUT2D eigenvalue weighted by molar-refractivity contribution is -0.129. The maximum Gasteiger partial charge on any atom is 0.234 e. The minimum atomic E-state index is -0.867. The monoisotopic (exact) mass is 281 g/mol. The zero-order valence-corrected chi connectivity index (χ0v) is 13.7. The van der Waals surface area contributed by atoms with Crippen molar-refractivity contribution in [1.82, 2.24) is 4.90 Å². The molecule has 1 unspecified atom stereocenters. The van der Waals surface area contributed by atoms with Crippen molar-refractivity contribution in [2.45, 2.75) is 31.1 Å². The van der Waals surface area contributed by atoms with Crippen LogP contribution in [0.1, 0.15) is 20.3 Å². The highest BCUT2D eigenvalue weighted by Gasteiger charge is 2.47. The molecule has 0 N–H and O–H groups in total. The molecule has 1 atom stereocenters. The van der Waals surface area contributed by atoms with Gasteiger partial charge in [0.1, 0.15) is 0 Å². The Morgan fingerprint density at radius 1 is 1.42 bits per heavy atom. The first-order valence-corrected chi connectivity index (χ1v) is 9.48. The lowest BCUT2D eigenvalue weighted by Gasteiger charge is -2.32. The van der Waals surface area contributed by atoms with Gasteiger partial charge in [-0.05, 0) is 44.6 Å². The second kappa shape index (κ2) is 5.58. The van der Waals surface area contributed by atoms with Crippen LogP contribution in [0.4, 0.5) is 0 Å². The number of carbonyl (C=O) groups is 1. The summed E-state index contributed by atoms with van der Waals surface area (Å²) in [5, 5.41) is 0.178. The molecule has 1 saturated heterocycles. The number of nitrogens with zero attached hydrogens (tertiary/aromatic N) is 1. The Morgan fingerprint density at radius 2 is 2.00 bits per heavy atom. The number of rotatable bonds is 5. The van der Waals surface area contributed by atoms with Gasteiger partial charge in [0.25, 0.3) is 0 Å². The first-order valence-electron chi connectivity index (χ1n) is 6.56. The predicted octanol–water partition coefficient (Wildman–Crippen LogP) is 3.36. The minimum Gasteiger partial charge on any atom is -0.332 e. The topological polar surface area (TPSA) is 20.3 Å². The molecule has 1 aliphatic rings. The zero-order chi connectivity index (χ0) is 14.8. The van der Waals surface area contributed by atoms with Gasteiger partial charge in [-0.1, -0.05) is 31.4 Å². The average Bonchev–Trinajstić information content (AvgIpc) is 2.51. The molecular formula is C16H27NOS. The van der Waals surface area contributed by atoms with Crippen LogP contribution in [0.25, 0.3) is 0 Å². The fourth-order valence-corrected chi connectivity index (χ4v) is 4.13. The van der Waals surface area contributed by atoms with E-state index in [0.29, 0.717) is 12.5 Å². The molecule has 0 radical (unpaired) electrons. The van der Waals surface area contributed by atoms with Gasteiger partial charge in [-0.25, -0.2) is 10.0 Å². The molecule has 3 heteroatoms. The van der Waals surface area contributed by atoms with E-state index in [0.717, 1.165) is 12.0 Å². The molecule has 0 spiro atoms. The first-order chi connectivity index (χ1) is 8.63. The molecule has 1 fully saturated rings. The summed E-state index contributed by atoms with van der Waals surface area (Å²) in [6, 6.07) is 0. The first kappa shape index (κ1) is 16.1. The summed E-state index contributed by atoms with van der Waals surface area (Å²) in [7, 11) is -0.867. The normalized spacial score (nSPS) is 24.5. The van der Waals surface area contributed by atoms with Gasteiger partial charge in [0, 0.05) is 12.1 Å². The van der Waals surface area contributed by atoms with E-state index in [9.17, 15) is 4.79 Å². The summed E-state index contributed by atoms with van der Waals surface area (Å²) in [6.45, 7) is 12.5. The lowest BCUT2D eigenvalue weighted by atomic mass is 10.0. The highest BCUT2D eigenvalue weighted by atomic mass is 32.3. The largest absolute Gasteiger partial charge is 0.332 e. The molecule has 1 amide bonds. The summed E-state index contributed by atoms with van der Waals surface area (Å²) < 4.78 is 0. The highest BCUT2D eigenvalue weighted by molar-refractivity contribution is 8.33. The van der Waals surface area contributed by atoms with Gasteiger partial charge in [0.2, 0.25) is 5.91 Å². The van der Waals surface area contributed by atoms with Crippen LogP contribution < -0.4 is 0 Å².